The highest BCUT2D eigenvalue weighted by Crippen LogP contribution is 2.14. The lowest BCUT2D eigenvalue weighted by Gasteiger charge is -2.26. The Labute approximate surface area is 214 Å². The summed E-state index contributed by atoms with van der Waals surface area (Å²) in [5, 5.41) is 8.40. The van der Waals surface area contributed by atoms with Gasteiger partial charge in [-0.3, -0.25) is 14.9 Å². The lowest BCUT2D eigenvalue weighted by atomic mass is 9.97. The number of hydrogen-bond donors (Lipinski definition) is 3. The molecule has 0 aliphatic heterocycles. The summed E-state index contributed by atoms with van der Waals surface area (Å²) in [5.41, 5.74) is 1.10. The monoisotopic (exact) mass is 497 g/mol. The average Bonchev–Trinajstić information content (AvgIpc) is 2.83. The number of rotatable bonds is 11. The highest BCUT2D eigenvalue weighted by Gasteiger charge is 2.30. The van der Waals surface area contributed by atoms with E-state index in [0.29, 0.717) is 12.3 Å². The summed E-state index contributed by atoms with van der Waals surface area (Å²) in [7, 11) is 1.57. The molecular formula is C28H39N3O5. The second kappa shape index (κ2) is 13.6. The van der Waals surface area contributed by atoms with Gasteiger partial charge in [0.05, 0.1) is 13.2 Å². The third-order valence-electron chi connectivity index (χ3n) is 5.72. The third kappa shape index (κ3) is 9.70. The molecule has 8 heteroatoms. The second-order valence-corrected chi connectivity index (χ2v) is 9.83. The maximum atomic E-state index is 13.2. The van der Waals surface area contributed by atoms with Crippen molar-refractivity contribution in [3.8, 4) is 5.75 Å². The van der Waals surface area contributed by atoms with Gasteiger partial charge in [0.25, 0.3) is 0 Å². The maximum absolute atomic E-state index is 13.2. The molecule has 3 amide bonds. The van der Waals surface area contributed by atoms with E-state index < -0.39 is 35.6 Å². The Balaban J connectivity index is 2.15. The molecule has 3 atom stereocenters. The minimum absolute atomic E-state index is 0.0136. The molecule has 3 N–H and O–H groups in total. The van der Waals surface area contributed by atoms with Crippen LogP contribution in [0, 0.1) is 5.92 Å². The van der Waals surface area contributed by atoms with Crippen LogP contribution in [0.5, 0.6) is 5.75 Å². The normalized spacial score (nSPS) is 13.7. The van der Waals surface area contributed by atoms with Gasteiger partial charge < -0.3 is 20.1 Å². The number of carbonyl (C=O) groups is 3. The van der Waals surface area contributed by atoms with Gasteiger partial charge in [0.15, 0.2) is 0 Å². The fraction of sp³-hybridized carbons (Fsp3) is 0.464. The van der Waals surface area contributed by atoms with Gasteiger partial charge in [-0.2, -0.15) is 0 Å². The first kappa shape index (κ1) is 28.8. The summed E-state index contributed by atoms with van der Waals surface area (Å²) in [6.07, 6.45) is 0.192. The zero-order chi connectivity index (χ0) is 26.7. The summed E-state index contributed by atoms with van der Waals surface area (Å²) in [4.78, 5) is 38.9. The van der Waals surface area contributed by atoms with E-state index in [1.165, 1.54) is 0 Å². The number of ether oxygens (including phenoxy) is 2. The van der Waals surface area contributed by atoms with E-state index in [2.05, 4.69) is 16.0 Å². The quantitative estimate of drug-likeness (QED) is 0.434. The molecule has 0 aromatic heterocycles. The van der Waals surface area contributed by atoms with Crippen molar-refractivity contribution in [3.05, 3.63) is 65.7 Å². The first-order valence-corrected chi connectivity index (χ1v) is 12.3. The lowest BCUT2D eigenvalue weighted by molar-refractivity contribution is -0.133. The molecule has 0 fully saturated rings. The average molecular weight is 498 g/mol. The minimum Gasteiger partial charge on any atom is -0.497 e. The highest BCUT2D eigenvalue weighted by molar-refractivity contribution is 6.01. The van der Waals surface area contributed by atoms with Gasteiger partial charge in [0.2, 0.25) is 11.8 Å². The number of methoxy groups -OCH3 is 1. The number of carbonyl (C=O) groups excluding carboxylic acids is 3. The number of alkyl carbamates (subject to hydrolysis) is 1. The summed E-state index contributed by atoms with van der Waals surface area (Å²) in [5.74, 6) is -0.372. The van der Waals surface area contributed by atoms with Gasteiger partial charge in [-0.25, -0.2) is 4.79 Å². The second-order valence-electron chi connectivity index (χ2n) is 9.83. The van der Waals surface area contributed by atoms with Crippen LogP contribution in [-0.2, 0) is 27.3 Å². The Bertz CT molecular complexity index is 986. The van der Waals surface area contributed by atoms with Gasteiger partial charge in [0, 0.05) is 13.0 Å². The van der Waals surface area contributed by atoms with E-state index in [9.17, 15) is 14.4 Å². The zero-order valence-corrected chi connectivity index (χ0v) is 22.1. The molecule has 2 aromatic rings. The molecule has 36 heavy (non-hydrogen) atoms. The molecule has 196 valence electrons. The molecule has 2 rings (SSSR count). The van der Waals surface area contributed by atoms with Gasteiger partial charge in [-0.05, 0) is 49.9 Å². The van der Waals surface area contributed by atoms with E-state index >= 15 is 0 Å². The molecule has 8 nitrogen and oxygen atoms in total. The lowest BCUT2D eigenvalue weighted by Crippen LogP contribution is -2.55. The van der Waals surface area contributed by atoms with Crippen LogP contribution >= 0.6 is 0 Å². The van der Waals surface area contributed by atoms with Crippen LogP contribution in [0.15, 0.2) is 54.6 Å². The molecule has 0 aliphatic rings. The van der Waals surface area contributed by atoms with Crippen LogP contribution in [-0.4, -0.2) is 42.7 Å². The summed E-state index contributed by atoms with van der Waals surface area (Å²) >= 11 is 0. The number of nitrogens with one attached hydrogen (secondary N) is 3. The fourth-order valence-electron chi connectivity index (χ4n) is 3.55. The van der Waals surface area contributed by atoms with Crippen molar-refractivity contribution in [2.24, 2.45) is 5.92 Å². The van der Waals surface area contributed by atoms with Crippen LogP contribution < -0.4 is 20.7 Å². The first-order chi connectivity index (χ1) is 17.0. The highest BCUT2D eigenvalue weighted by atomic mass is 16.6. The molecular weight excluding hydrogens is 458 g/mol. The Morgan fingerprint density at radius 2 is 1.56 bits per heavy atom. The predicted molar refractivity (Wildman–Crippen MR) is 140 cm³/mol. The fourth-order valence-corrected chi connectivity index (χ4v) is 3.55. The van der Waals surface area contributed by atoms with Gasteiger partial charge in [-0.15, -0.1) is 0 Å². The van der Waals surface area contributed by atoms with Crippen molar-refractivity contribution in [3.63, 3.8) is 0 Å². The topological polar surface area (TPSA) is 106 Å². The molecule has 0 aliphatic carbocycles. The van der Waals surface area contributed by atoms with E-state index in [1.54, 1.807) is 52.1 Å². The minimum atomic E-state index is -1.01. The molecule has 0 bridgehead atoms. The van der Waals surface area contributed by atoms with Crippen molar-refractivity contribution in [1.29, 1.82) is 0 Å². The molecule has 0 radical (unpaired) electrons. The number of amides is 3. The van der Waals surface area contributed by atoms with Crippen LogP contribution in [0.1, 0.15) is 52.2 Å². The number of imide groups is 1. The van der Waals surface area contributed by atoms with E-state index in [1.807, 2.05) is 44.2 Å². The zero-order valence-electron chi connectivity index (χ0n) is 22.1. The third-order valence-corrected chi connectivity index (χ3v) is 5.72. The largest absolute Gasteiger partial charge is 0.497 e. The Morgan fingerprint density at radius 3 is 2.11 bits per heavy atom. The van der Waals surface area contributed by atoms with E-state index in [-0.39, 0.29) is 12.3 Å². The van der Waals surface area contributed by atoms with Crippen molar-refractivity contribution < 1.29 is 23.9 Å². The van der Waals surface area contributed by atoms with Crippen molar-refractivity contribution in [2.45, 2.75) is 71.7 Å². The summed E-state index contributed by atoms with van der Waals surface area (Å²) in [6, 6.07) is 15.3. The Kier molecular flexibility index (Phi) is 10.9. The number of hydrogen-bond acceptors (Lipinski definition) is 6. The van der Waals surface area contributed by atoms with Gasteiger partial charge >= 0.3 is 6.09 Å². The molecule has 0 heterocycles. The van der Waals surface area contributed by atoms with Crippen LogP contribution in [0.25, 0.3) is 0 Å². The number of benzene rings is 2. The molecule has 0 saturated heterocycles. The van der Waals surface area contributed by atoms with E-state index in [4.69, 9.17) is 9.47 Å². The Hall–Kier alpha value is -3.39. The van der Waals surface area contributed by atoms with Gasteiger partial charge in [-0.1, -0.05) is 62.7 Å². The standard InChI is InChI=1S/C28H39N3O5/c1-7-19(2)24(29-18-21-11-9-8-10-12-21)26(33)31-25(32)23(30-27(34)36-28(3,4)5)17-20-13-15-22(35-6)16-14-20/h8-16,19,23-24,29H,7,17-18H2,1-6H3,(H,30,34)(H,31,32,33)/t19-,23-,24-/m0/s1. The summed E-state index contributed by atoms with van der Waals surface area (Å²) < 4.78 is 10.5. The van der Waals surface area contributed by atoms with Gasteiger partial charge in [0.1, 0.15) is 17.4 Å². The van der Waals surface area contributed by atoms with Crippen LogP contribution in [0.4, 0.5) is 4.79 Å². The first-order valence-electron chi connectivity index (χ1n) is 12.3. The van der Waals surface area contributed by atoms with Crippen molar-refractivity contribution in [2.75, 3.05) is 7.11 Å². The molecule has 2 aromatic carbocycles. The smallest absolute Gasteiger partial charge is 0.408 e. The van der Waals surface area contributed by atoms with Crippen molar-refractivity contribution in [1.82, 2.24) is 16.0 Å². The van der Waals surface area contributed by atoms with Crippen LogP contribution in [0.3, 0.4) is 0 Å². The molecule has 0 spiro atoms. The van der Waals surface area contributed by atoms with Crippen molar-refractivity contribution >= 4 is 17.9 Å². The SMILES string of the molecule is CC[C@H](C)[C@H](NCc1ccccc1)C(=O)NC(=O)[C@H](Cc1ccc(OC)cc1)NC(=O)OC(C)(C)C. The maximum Gasteiger partial charge on any atom is 0.408 e. The molecule has 0 saturated carbocycles. The summed E-state index contributed by atoms with van der Waals surface area (Å²) in [6.45, 7) is 9.66. The predicted octanol–water partition coefficient (Wildman–Crippen LogP) is 3.98. The van der Waals surface area contributed by atoms with E-state index in [0.717, 1.165) is 17.5 Å². The van der Waals surface area contributed by atoms with Crippen LogP contribution in [0.2, 0.25) is 0 Å². The Morgan fingerprint density at radius 1 is 0.917 bits per heavy atom. The molecule has 0 unspecified atom stereocenters.